The van der Waals surface area contributed by atoms with Gasteiger partial charge >= 0.3 is 0 Å². The summed E-state index contributed by atoms with van der Waals surface area (Å²) in [6, 6.07) is 2.32. The van der Waals surface area contributed by atoms with Crippen LogP contribution in [0.3, 0.4) is 0 Å². The molecule has 2 fully saturated rings. The second-order valence-electron chi connectivity index (χ2n) is 8.01. The number of rotatable bonds is 6. The molecule has 1 amide bonds. The van der Waals surface area contributed by atoms with E-state index in [9.17, 15) is 10.1 Å². The molecule has 1 unspecified atom stereocenters. The van der Waals surface area contributed by atoms with Crippen LogP contribution in [-0.2, 0) is 14.3 Å². The molecule has 2 aliphatic heterocycles. The highest BCUT2D eigenvalue weighted by Crippen LogP contribution is 2.47. The van der Waals surface area contributed by atoms with E-state index in [2.05, 4.69) is 17.5 Å². The molecule has 1 aliphatic carbocycles. The first kappa shape index (κ1) is 22.0. The lowest BCUT2D eigenvalue weighted by atomic mass is 9.95. The van der Waals surface area contributed by atoms with Crippen molar-refractivity contribution < 1.29 is 14.3 Å². The van der Waals surface area contributed by atoms with E-state index in [0.29, 0.717) is 62.3 Å². The number of dihydropyridines is 1. The molecule has 0 bridgehead atoms. The average molecular weight is 414 g/mol. The lowest BCUT2D eigenvalue weighted by Gasteiger charge is -2.42. The van der Waals surface area contributed by atoms with Gasteiger partial charge in [0.2, 0.25) is 11.8 Å². The van der Waals surface area contributed by atoms with E-state index >= 15 is 0 Å². The zero-order chi connectivity index (χ0) is 21.7. The summed E-state index contributed by atoms with van der Waals surface area (Å²) in [7, 11) is 3.17. The summed E-state index contributed by atoms with van der Waals surface area (Å²) >= 11 is 0. The summed E-state index contributed by atoms with van der Waals surface area (Å²) in [6.45, 7) is 8.08. The fourth-order valence-corrected chi connectivity index (χ4v) is 4.15. The first-order chi connectivity index (χ1) is 14.5. The maximum absolute atomic E-state index is 12.5. The van der Waals surface area contributed by atoms with Crippen molar-refractivity contribution >= 4 is 17.6 Å². The molecule has 0 aromatic rings. The predicted octanol–water partition coefficient (Wildman–Crippen LogP) is 2.14. The Morgan fingerprint density at radius 3 is 2.80 bits per heavy atom. The molecule has 1 saturated heterocycles. The number of nitriles is 1. The van der Waals surface area contributed by atoms with Crippen LogP contribution in [0.2, 0.25) is 0 Å². The Morgan fingerprint density at radius 2 is 2.23 bits per heavy atom. The highest BCUT2D eigenvalue weighted by molar-refractivity contribution is 6.03. The SMILES string of the molecule is C=CC(=NC1(C2CC2)CC=C(C#N)C(N2CCN(C(=O)CCOC)[C@H](C)C2)=N1)OC. The molecule has 3 aliphatic rings. The quantitative estimate of drug-likeness (QED) is 0.492. The van der Waals surface area contributed by atoms with E-state index in [1.807, 2.05) is 17.9 Å². The van der Waals surface area contributed by atoms with Crippen molar-refractivity contribution in [3.8, 4) is 6.07 Å². The van der Waals surface area contributed by atoms with E-state index < -0.39 is 5.66 Å². The molecule has 8 heteroatoms. The number of piperazine rings is 1. The van der Waals surface area contributed by atoms with Crippen LogP contribution in [0.15, 0.2) is 34.3 Å². The number of aliphatic imine (C=N–C) groups is 2. The number of carbonyl (C=O) groups excluding carboxylic acids is 1. The number of ether oxygens (including phenoxy) is 2. The van der Waals surface area contributed by atoms with Gasteiger partial charge < -0.3 is 19.3 Å². The Morgan fingerprint density at radius 1 is 1.47 bits per heavy atom. The second-order valence-corrected chi connectivity index (χ2v) is 8.01. The minimum absolute atomic E-state index is 0.0224. The zero-order valence-corrected chi connectivity index (χ0v) is 18.1. The van der Waals surface area contributed by atoms with Crippen LogP contribution in [0.1, 0.15) is 32.6 Å². The molecular weight excluding hydrogens is 382 g/mol. The van der Waals surface area contributed by atoms with Crippen LogP contribution in [0, 0.1) is 17.2 Å². The van der Waals surface area contributed by atoms with Gasteiger partial charge in [0.15, 0.2) is 5.66 Å². The van der Waals surface area contributed by atoms with Gasteiger partial charge in [-0.15, -0.1) is 0 Å². The minimum Gasteiger partial charge on any atom is -0.481 e. The Hall–Kier alpha value is -2.66. The highest BCUT2D eigenvalue weighted by atomic mass is 16.5. The van der Waals surface area contributed by atoms with Crippen molar-refractivity contribution in [1.82, 2.24) is 9.80 Å². The van der Waals surface area contributed by atoms with Gasteiger partial charge in [-0.2, -0.15) is 5.26 Å². The van der Waals surface area contributed by atoms with Gasteiger partial charge in [0.25, 0.3) is 0 Å². The van der Waals surface area contributed by atoms with Crippen LogP contribution in [-0.4, -0.2) is 79.6 Å². The third kappa shape index (κ3) is 4.57. The molecule has 0 aromatic carbocycles. The van der Waals surface area contributed by atoms with Crippen molar-refractivity contribution in [2.45, 2.75) is 44.3 Å². The molecule has 162 valence electrons. The van der Waals surface area contributed by atoms with Gasteiger partial charge in [0.05, 0.1) is 25.7 Å². The molecule has 30 heavy (non-hydrogen) atoms. The van der Waals surface area contributed by atoms with Gasteiger partial charge in [-0.05, 0) is 25.8 Å². The molecule has 0 aromatic heterocycles. The van der Waals surface area contributed by atoms with Gasteiger partial charge in [-0.1, -0.05) is 12.7 Å². The molecule has 1 saturated carbocycles. The number of nitrogens with zero attached hydrogens (tertiary/aromatic N) is 5. The molecular formula is C22H31N5O3. The van der Waals surface area contributed by atoms with E-state index in [1.165, 1.54) is 0 Å². The maximum Gasteiger partial charge on any atom is 0.225 e. The molecule has 0 spiro atoms. The zero-order valence-electron chi connectivity index (χ0n) is 18.1. The fourth-order valence-electron chi connectivity index (χ4n) is 4.15. The van der Waals surface area contributed by atoms with Crippen LogP contribution < -0.4 is 0 Å². The van der Waals surface area contributed by atoms with Crippen LogP contribution in [0.4, 0.5) is 0 Å². The van der Waals surface area contributed by atoms with Gasteiger partial charge in [-0.25, -0.2) is 9.98 Å². The number of amides is 1. The molecule has 8 nitrogen and oxygen atoms in total. The number of hydrogen-bond acceptors (Lipinski definition) is 7. The van der Waals surface area contributed by atoms with E-state index in [-0.39, 0.29) is 11.9 Å². The lowest BCUT2D eigenvalue weighted by Crippen LogP contribution is -2.56. The molecule has 2 heterocycles. The van der Waals surface area contributed by atoms with Gasteiger partial charge in [-0.3, -0.25) is 4.79 Å². The van der Waals surface area contributed by atoms with Gasteiger partial charge in [0.1, 0.15) is 11.9 Å². The highest BCUT2D eigenvalue weighted by Gasteiger charge is 2.48. The summed E-state index contributed by atoms with van der Waals surface area (Å²) in [4.78, 5) is 26.3. The largest absolute Gasteiger partial charge is 0.481 e. The first-order valence-electron chi connectivity index (χ1n) is 10.5. The summed E-state index contributed by atoms with van der Waals surface area (Å²) < 4.78 is 10.4. The standard InChI is InChI=1S/C22H31N5O3/c1-5-19(30-4)24-22(18-6-7-18)10-8-17(14-23)21(25-22)26-11-12-27(16(2)15-26)20(28)9-13-29-3/h5,8,16,18H,1,6-7,9-13,15H2,2-4H3/t16-,22?/m1/s1. The van der Waals surface area contributed by atoms with Crippen LogP contribution >= 0.6 is 0 Å². The molecule has 3 rings (SSSR count). The number of amidine groups is 1. The maximum atomic E-state index is 12.5. The Bertz CT molecular complexity index is 808. The summed E-state index contributed by atoms with van der Waals surface area (Å²) in [6.07, 6.45) is 6.61. The predicted molar refractivity (Wildman–Crippen MR) is 115 cm³/mol. The van der Waals surface area contributed by atoms with E-state index in [4.69, 9.17) is 19.5 Å². The topological polar surface area (TPSA) is 90.5 Å². The summed E-state index contributed by atoms with van der Waals surface area (Å²) in [5.74, 6) is 1.57. The van der Waals surface area contributed by atoms with E-state index in [0.717, 1.165) is 12.8 Å². The summed E-state index contributed by atoms with van der Waals surface area (Å²) in [5, 5.41) is 9.71. The number of hydrogen-bond donors (Lipinski definition) is 0. The fraction of sp³-hybridized carbons (Fsp3) is 0.636. The lowest BCUT2D eigenvalue weighted by molar-refractivity contribution is -0.135. The van der Waals surface area contributed by atoms with Crippen molar-refractivity contribution in [2.24, 2.45) is 15.9 Å². The second kappa shape index (κ2) is 9.43. The third-order valence-electron chi connectivity index (χ3n) is 5.95. The molecule has 0 radical (unpaired) electrons. The number of carbonyl (C=O) groups is 1. The van der Waals surface area contributed by atoms with Crippen LogP contribution in [0.5, 0.6) is 0 Å². The average Bonchev–Trinajstić information content (AvgIpc) is 3.61. The molecule has 2 atom stereocenters. The van der Waals surface area contributed by atoms with Gasteiger partial charge in [0, 0.05) is 45.1 Å². The van der Waals surface area contributed by atoms with Crippen molar-refractivity contribution in [3.63, 3.8) is 0 Å². The summed E-state index contributed by atoms with van der Waals surface area (Å²) in [5.41, 5.74) is -0.0745. The smallest absolute Gasteiger partial charge is 0.225 e. The molecule has 0 N–H and O–H groups in total. The van der Waals surface area contributed by atoms with Crippen LogP contribution in [0.25, 0.3) is 0 Å². The van der Waals surface area contributed by atoms with Crippen molar-refractivity contribution in [1.29, 1.82) is 5.26 Å². The Kier molecular flexibility index (Phi) is 6.93. The third-order valence-corrected chi connectivity index (χ3v) is 5.95. The Balaban J connectivity index is 1.85. The monoisotopic (exact) mass is 413 g/mol. The van der Waals surface area contributed by atoms with Crippen molar-refractivity contribution in [3.05, 3.63) is 24.3 Å². The normalized spacial score (nSPS) is 27.1. The van der Waals surface area contributed by atoms with E-state index in [1.54, 1.807) is 20.3 Å². The minimum atomic E-state index is -0.649. The number of methoxy groups -OCH3 is 2. The first-order valence-corrected chi connectivity index (χ1v) is 10.5. The Labute approximate surface area is 178 Å². The van der Waals surface area contributed by atoms with Crippen molar-refractivity contribution in [2.75, 3.05) is 40.5 Å².